The van der Waals surface area contributed by atoms with Crippen molar-refractivity contribution < 1.29 is 4.79 Å². The zero-order valence-corrected chi connectivity index (χ0v) is 11.8. The van der Waals surface area contributed by atoms with Crippen LogP contribution in [0.1, 0.15) is 28.8 Å². The number of amides is 1. The summed E-state index contributed by atoms with van der Waals surface area (Å²) in [4.78, 5) is 18.6. The highest BCUT2D eigenvalue weighted by molar-refractivity contribution is 7.07. The van der Waals surface area contributed by atoms with E-state index in [0.717, 1.165) is 12.8 Å². The first kappa shape index (κ1) is 13.1. The van der Waals surface area contributed by atoms with Crippen molar-refractivity contribution in [1.29, 1.82) is 0 Å². The van der Waals surface area contributed by atoms with E-state index >= 15 is 0 Å². The number of nitrogen functional groups attached to an aromatic ring is 1. The molecule has 1 amide bonds. The van der Waals surface area contributed by atoms with Crippen LogP contribution in [0.25, 0.3) is 0 Å². The maximum absolute atomic E-state index is 12.7. The van der Waals surface area contributed by atoms with Gasteiger partial charge in [0.1, 0.15) is 0 Å². The Balaban J connectivity index is 1.85. The largest absolute Gasteiger partial charge is 0.331 e. The molecule has 1 aliphatic carbocycles. The molecule has 104 valence electrons. The van der Waals surface area contributed by atoms with E-state index in [0.29, 0.717) is 23.8 Å². The van der Waals surface area contributed by atoms with Gasteiger partial charge in [-0.05, 0) is 41.3 Å². The lowest BCUT2D eigenvalue weighted by molar-refractivity contribution is 0.0731. The molecule has 0 aliphatic heterocycles. The van der Waals surface area contributed by atoms with E-state index in [1.165, 1.54) is 5.56 Å². The molecule has 0 atom stereocenters. The van der Waals surface area contributed by atoms with Crippen molar-refractivity contribution >= 4 is 22.9 Å². The second-order valence-electron chi connectivity index (χ2n) is 4.86. The van der Waals surface area contributed by atoms with Crippen molar-refractivity contribution in [1.82, 2.24) is 9.88 Å². The third-order valence-electron chi connectivity index (χ3n) is 3.39. The normalized spacial score (nSPS) is 14.1. The van der Waals surface area contributed by atoms with Crippen molar-refractivity contribution in [2.75, 3.05) is 5.43 Å². The average Bonchev–Trinajstić information content (AvgIpc) is 3.20. The maximum Gasteiger partial charge on any atom is 0.256 e. The van der Waals surface area contributed by atoms with Gasteiger partial charge in [-0.3, -0.25) is 15.6 Å². The molecule has 3 rings (SSSR count). The molecule has 0 radical (unpaired) electrons. The Morgan fingerprint density at radius 3 is 3.00 bits per heavy atom. The van der Waals surface area contributed by atoms with Gasteiger partial charge in [-0.1, -0.05) is 0 Å². The number of hydrogen-bond acceptors (Lipinski definition) is 5. The maximum atomic E-state index is 12.7. The number of carbonyl (C=O) groups is 1. The third-order valence-corrected chi connectivity index (χ3v) is 4.12. The van der Waals surface area contributed by atoms with Crippen molar-refractivity contribution in [3.05, 3.63) is 46.4 Å². The van der Waals surface area contributed by atoms with Gasteiger partial charge in [-0.2, -0.15) is 11.3 Å². The van der Waals surface area contributed by atoms with Crippen LogP contribution in [0.5, 0.6) is 0 Å². The molecule has 2 aromatic heterocycles. The fourth-order valence-electron chi connectivity index (χ4n) is 2.18. The van der Waals surface area contributed by atoms with E-state index in [1.807, 2.05) is 10.3 Å². The number of nitrogens with one attached hydrogen (secondary N) is 1. The lowest BCUT2D eigenvalue weighted by atomic mass is 10.2. The molecule has 0 unspecified atom stereocenters. The van der Waals surface area contributed by atoms with Crippen molar-refractivity contribution in [3.8, 4) is 0 Å². The second kappa shape index (κ2) is 5.60. The van der Waals surface area contributed by atoms with E-state index in [9.17, 15) is 4.79 Å². The molecule has 1 saturated carbocycles. The van der Waals surface area contributed by atoms with Crippen LogP contribution in [-0.4, -0.2) is 21.8 Å². The van der Waals surface area contributed by atoms with Gasteiger partial charge in [0.05, 0.1) is 17.4 Å². The van der Waals surface area contributed by atoms with Crippen LogP contribution < -0.4 is 11.3 Å². The number of nitrogens with zero attached hydrogens (tertiary/aromatic N) is 2. The number of hydrogen-bond donors (Lipinski definition) is 2. The summed E-state index contributed by atoms with van der Waals surface area (Å²) >= 11 is 1.65. The molecule has 5 nitrogen and oxygen atoms in total. The van der Waals surface area contributed by atoms with Gasteiger partial charge in [0.2, 0.25) is 0 Å². The summed E-state index contributed by atoms with van der Waals surface area (Å²) in [6, 6.07) is 4.11. The Bertz CT molecular complexity index is 595. The molecular formula is C14H16N4OS. The van der Waals surface area contributed by atoms with Gasteiger partial charge in [0.15, 0.2) is 0 Å². The monoisotopic (exact) mass is 288 g/mol. The van der Waals surface area contributed by atoms with E-state index in [4.69, 9.17) is 5.84 Å². The minimum atomic E-state index is 0.00838. The van der Waals surface area contributed by atoms with Gasteiger partial charge in [0, 0.05) is 18.8 Å². The van der Waals surface area contributed by atoms with Crippen LogP contribution in [0.3, 0.4) is 0 Å². The molecule has 0 saturated heterocycles. The molecule has 0 bridgehead atoms. The van der Waals surface area contributed by atoms with Crippen LogP contribution in [0, 0.1) is 0 Å². The summed E-state index contributed by atoms with van der Waals surface area (Å²) in [5, 5.41) is 4.11. The van der Waals surface area contributed by atoms with Crippen molar-refractivity contribution in [3.63, 3.8) is 0 Å². The lowest BCUT2D eigenvalue weighted by Crippen LogP contribution is -2.33. The van der Waals surface area contributed by atoms with Crippen LogP contribution in [0.4, 0.5) is 5.69 Å². The summed E-state index contributed by atoms with van der Waals surface area (Å²) in [7, 11) is 0. The van der Waals surface area contributed by atoms with Gasteiger partial charge < -0.3 is 10.3 Å². The third kappa shape index (κ3) is 2.66. The molecular weight excluding hydrogens is 272 g/mol. The highest BCUT2D eigenvalue weighted by atomic mass is 32.1. The minimum Gasteiger partial charge on any atom is -0.331 e. The predicted molar refractivity (Wildman–Crippen MR) is 79.3 cm³/mol. The molecule has 0 aromatic carbocycles. The first-order chi connectivity index (χ1) is 9.79. The Kier molecular flexibility index (Phi) is 3.66. The number of rotatable bonds is 5. The summed E-state index contributed by atoms with van der Waals surface area (Å²) in [5.74, 6) is 5.47. The number of nitrogens with two attached hydrogens (primary N) is 1. The summed E-state index contributed by atoms with van der Waals surface area (Å²) in [6.45, 7) is 0.652. The van der Waals surface area contributed by atoms with Crippen molar-refractivity contribution in [2.45, 2.75) is 25.4 Å². The molecule has 6 heteroatoms. The molecule has 2 aromatic rings. The van der Waals surface area contributed by atoms with E-state index in [-0.39, 0.29) is 5.91 Å². The summed E-state index contributed by atoms with van der Waals surface area (Å²) in [6.07, 6.45) is 5.34. The van der Waals surface area contributed by atoms with Crippen LogP contribution in [0.2, 0.25) is 0 Å². The van der Waals surface area contributed by atoms with Gasteiger partial charge in [-0.25, -0.2) is 0 Å². The second-order valence-corrected chi connectivity index (χ2v) is 5.64. The fraction of sp³-hybridized carbons (Fsp3) is 0.286. The van der Waals surface area contributed by atoms with Crippen LogP contribution >= 0.6 is 11.3 Å². The highest BCUT2D eigenvalue weighted by Gasteiger charge is 2.33. The molecule has 20 heavy (non-hydrogen) atoms. The fourth-order valence-corrected chi connectivity index (χ4v) is 2.84. The summed E-state index contributed by atoms with van der Waals surface area (Å²) in [5.41, 5.74) is 4.85. The number of carbonyl (C=O) groups excluding carboxylic acids is 1. The molecule has 1 fully saturated rings. The Morgan fingerprint density at radius 1 is 1.50 bits per heavy atom. The first-order valence-electron chi connectivity index (χ1n) is 6.52. The van der Waals surface area contributed by atoms with Gasteiger partial charge in [-0.15, -0.1) is 0 Å². The standard InChI is InChI=1S/C14H16N4OS/c15-17-13-7-16-5-3-12(13)14(19)18(11-1-2-11)8-10-4-6-20-9-10/h3-7,9,11,17H,1-2,8,15H2. The molecule has 2 heterocycles. The Hall–Kier alpha value is -1.92. The summed E-state index contributed by atoms with van der Waals surface area (Å²) < 4.78 is 0. The number of thiophene rings is 1. The number of aromatic nitrogens is 1. The van der Waals surface area contributed by atoms with E-state index in [1.54, 1.807) is 29.8 Å². The number of anilines is 1. The topological polar surface area (TPSA) is 71.2 Å². The van der Waals surface area contributed by atoms with Crippen LogP contribution in [0.15, 0.2) is 35.3 Å². The highest BCUT2D eigenvalue weighted by Crippen LogP contribution is 2.31. The number of hydrazine groups is 1. The van der Waals surface area contributed by atoms with E-state index in [2.05, 4.69) is 21.9 Å². The first-order valence-corrected chi connectivity index (χ1v) is 7.46. The number of pyridine rings is 1. The molecule has 1 aliphatic rings. The van der Waals surface area contributed by atoms with E-state index < -0.39 is 0 Å². The SMILES string of the molecule is NNc1cnccc1C(=O)N(Cc1ccsc1)C1CC1. The smallest absolute Gasteiger partial charge is 0.256 e. The van der Waals surface area contributed by atoms with Gasteiger partial charge >= 0.3 is 0 Å². The molecule has 0 spiro atoms. The lowest BCUT2D eigenvalue weighted by Gasteiger charge is -2.23. The quantitative estimate of drug-likeness (QED) is 0.654. The van der Waals surface area contributed by atoms with Crippen molar-refractivity contribution in [2.24, 2.45) is 5.84 Å². The molecule has 3 N–H and O–H groups in total. The van der Waals surface area contributed by atoms with Gasteiger partial charge in [0.25, 0.3) is 5.91 Å². The Labute approximate surface area is 121 Å². The Morgan fingerprint density at radius 2 is 2.35 bits per heavy atom. The minimum absolute atomic E-state index is 0.00838. The predicted octanol–water partition coefficient (Wildman–Crippen LogP) is 2.23. The average molecular weight is 288 g/mol. The zero-order chi connectivity index (χ0) is 13.9. The van der Waals surface area contributed by atoms with Crippen LogP contribution in [-0.2, 0) is 6.54 Å². The zero-order valence-electron chi connectivity index (χ0n) is 11.0.